The van der Waals surface area contributed by atoms with E-state index in [1.165, 1.54) is 40.1 Å². The van der Waals surface area contributed by atoms with Gasteiger partial charge in [0.2, 0.25) is 5.91 Å². The second-order valence-electron chi connectivity index (χ2n) is 6.78. The van der Waals surface area contributed by atoms with Crippen LogP contribution in [0.1, 0.15) is 5.56 Å². The van der Waals surface area contributed by atoms with E-state index in [1.807, 2.05) is 13.0 Å². The molecule has 9 heteroatoms. The second kappa shape index (κ2) is 7.72. The summed E-state index contributed by atoms with van der Waals surface area (Å²) >= 11 is 6.05. The number of fused-ring (bicyclic) bond motifs is 1. The van der Waals surface area contributed by atoms with Gasteiger partial charge in [0.05, 0.1) is 0 Å². The maximum absolute atomic E-state index is 13.2. The average Bonchev–Trinajstić information content (AvgIpc) is 3.16. The monoisotopic (exact) mass is 426 g/mol. The Morgan fingerprint density at radius 1 is 1.23 bits per heavy atom. The summed E-state index contributed by atoms with van der Waals surface area (Å²) in [7, 11) is 1.61. The quantitative estimate of drug-likeness (QED) is 0.495. The van der Waals surface area contributed by atoms with Crippen LogP contribution in [0, 0.1) is 12.7 Å². The zero-order valence-electron chi connectivity index (χ0n) is 16.1. The van der Waals surface area contributed by atoms with Crippen molar-refractivity contribution in [1.29, 1.82) is 0 Å². The Balaban J connectivity index is 1.69. The molecule has 0 aliphatic carbocycles. The van der Waals surface area contributed by atoms with Gasteiger partial charge >= 0.3 is 0 Å². The minimum atomic E-state index is -0.481. The van der Waals surface area contributed by atoms with Crippen molar-refractivity contribution in [2.24, 2.45) is 0 Å². The molecule has 30 heavy (non-hydrogen) atoms. The van der Waals surface area contributed by atoms with Gasteiger partial charge in [0.15, 0.2) is 0 Å². The maximum atomic E-state index is 13.2. The predicted molar refractivity (Wildman–Crippen MR) is 111 cm³/mol. The van der Waals surface area contributed by atoms with Crippen molar-refractivity contribution in [2.75, 3.05) is 11.9 Å². The first kappa shape index (κ1) is 19.8. The molecule has 2 aromatic heterocycles. The molecule has 0 saturated heterocycles. The molecule has 4 rings (SSSR count). The van der Waals surface area contributed by atoms with E-state index in [4.69, 9.17) is 16.1 Å². The van der Waals surface area contributed by atoms with Crippen LogP contribution in [0.25, 0.3) is 22.4 Å². The molecule has 0 atom stereocenters. The molecular weight excluding hydrogens is 411 g/mol. The fourth-order valence-corrected chi connectivity index (χ4v) is 3.29. The molecular formula is C21H16ClFN4O3. The van der Waals surface area contributed by atoms with Crippen LogP contribution in [-0.4, -0.2) is 27.7 Å². The van der Waals surface area contributed by atoms with Gasteiger partial charge in [0.1, 0.15) is 29.8 Å². The van der Waals surface area contributed by atoms with Crippen LogP contribution >= 0.6 is 11.6 Å². The Hall–Kier alpha value is -3.52. The summed E-state index contributed by atoms with van der Waals surface area (Å²) in [5.74, 6) is -0.740. The number of benzene rings is 2. The third-order valence-electron chi connectivity index (χ3n) is 4.79. The van der Waals surface area contributed by atoms with Crippen LogP contribution in [0.2, 0.25) is 5.02 Å². The Morgan fingerprint density at radius 2 is 1.97 bits per heavy atom. The fraction of sp³-hybridized carbons (Fsp3) is 0.143. The molecule has 0 aliphatic heterocycles. The van der Waals surface area contributed by atoms with Crippen LogP contribution in [-0.2, 0) is 11.3 Å². The highest BCUT2D eigenvalue weighted by atomic mass is 35.5. The molecule has 0 saturated carbocycles. The summed E-state index contributed by atoms with van der Waals surface area (Å²) < 4.78 is 19.6. The number of likely N-dealkylation sites (N-methyl/N-ethyl adjacent to an activating group) is 1. The van der Waals surface area contributed by atoms with E-state index in [0.717, 1.165) is 5.56 Å². The van der Waals surface area contributed by atoms with Crippen LogP contribution in [0.4, 0.5) is 10.1 Å². The van der Waals surface area contributed by atoms with Crippen molar-refractivity contribution >= 4 is 34.3 Å². The lowest BCUT2D eigenvalue weighted by atomic mass is 10.1. The second-order valence-corrected chi connectivity index (χ2v) is 7.22. The minimum Gasteiger partial charge on any atom is -0.335 e. The molecule has 0 bridgehead atoms. The molecule has 0 aliphatic rings. The lowest BCUT2D eigenvalue weighted by Gasteiger charge is -2.20. The number of amides is 1. The van der Waals surface area contributed by atoms with Crippen molar-refractivity contribution in [2.45, 2.75) is 13.5 Å². The summed E-state index contributed by atoms with van der Waals surface area (Å²) in [6.45, 7) is 1.62. The van der Waals surface area contributed by atoms with Crippen molar-refractivity contribution in [1.82, 2.24) is 14.7 Å². The van der Waals surface area contributed by atoms with Gasteiger partial charge in [-0.15, -0.1) is 0 Å². The van der Waals surface area contributed by atoms with E-state index in [-0.39, 0.29) is 29.2 Å². The zero-order valence-corrected chi connectivity index (χ0v) is 16.9. The highest BCUT2D eigenvalue weighted by Crippen LogP contribution is 2.25. The SMILES string of the molecule is Cc1ccc(Cl)cc1N(C)C(=O)Cn1cnc2onc(-c3ccc(F)cc3)c2c1=O. The number of aromatic nitrogens is 3. The normalized spacial score (nSPS) is 11.1. The van der Waals surface area contributed by atoms with Crippen molar-refractivity contribution < 1.29 is 13.7 Å². The first-order valence-corrected chi connectivity index (χ1v) is 9.36. The standard InChI is InChI=1S/C21H16ClFN4O3/c1-12-3-6-14(22)9-16(12)26(2)17(28)10-27-11-24-20-18(21(27)29)19(25-30-20)13-4-7-15(23)8-5-13/h3-9,11H,10H2,1-2H3. The van der Waals surface area contributed by atoms with Crippen molar-refractivity contribution in [3.8, 4) is 11.3 Å². The summed E-state index contributed by atoms with van der Waals surface area (Å²) in [4.78, 5) is 31.4. The number of aryl methyl sites for hydroxylation is 1. The van der Waals surface area contributed by atoms with E-state index in [2.05, 4.69) is 10.1 Å². The Morgan fingerprint density at radius 3 is 2.70 bits per heavy atom. The number of hydrogen-bond acceptors (Lipinski definition) is 5. The number of nitrogens with zero attached hydrogens (tertiary/aromatic N) is 4. The Bertz CT molecular complexity index is 1310. The van der Waals surface area contributed by atoms with E-state index < -0.39 is 11.4 Å². The van der Waals surface area contributed by atoms with E-state index in [1.54, 1.807) is 19.2 Å². The molecule has 0 radical (unpaired) electrons. The molecule has 0 fully saturated rings. The average molecular weight is 427 g/mol. The number of halogens is 2. The first-order valence-electron chi connectivity index (χ1n) is 8.98. The molecule has 4 aromatic rings. The number of rotatable bonds is 4. The van der Waals surface area contributed by atoms with Gasteiger partial charge in [0.25, 0.3) is 11.3 Å². The first-order chi connectivity index (χ1) is 14.3. The molecule has 2 heterocycles. The minimum absolute atomic E-state index is 0.0436. The molecule has 1 amide bonds. The molecule has 0 unspecified atom stereocenters. The van der Waals surface area contributed by atoms with Crippen LogP contribution in [0.3, 0.4) is 0 Å². The predicted octanol–water partition coefficient (Wildman–Crippen LogP) is 3.82. The zero-order chi connectivity index (χ0) is 21.4. The Kier molecular flexibility index (Phi) is 5.09. The van der Waals surface area contributed by atoms with E-state index in [0.29, 0.717) is 16.3 Å². The van der Waals surface area contributed by atoms with Gasteiger partial charge in [0, 0.05) is 23.3 Å². The largest absolute Gasteiger partial charge is 0.335 e. The molecule has 0 N–H and O–H groups in total. The van der Waals surface area contributed by atoms with Crippen molar-refractivity contribution in [3.05, 3.63) is 75.5 Å². The number of carbonyl (C=O) groups excluding carboxylic acids is 1. The molecule has 152 valence electrons. The smallest absolute Gasteiger partial charge is 0.267 e. The molecule has 2 aromatic carbocycles. The molecule has 0 spiro atoms. The highest BCUT2D eigenvalue weighted by Gasteiger charge is 2.20. The van der Waals surface area contributed by atoms with Gasteiger partial charge in [-0.3, -0.25) is 14.2 Å². The van der Waals surface area contributed by atoms with Gasteiger partial charge in [-0.05, 0) is 48.9 Å². The fourth-order valence-electron chi connectivity index (χ4n) is 3.13. The number of carbonyl (C=O) groups is 1. The topological polar surface area (TPSA) is 81.2 Å². The van der Waals surface area contributed by atoms with Crippen molar-refractivity contribution in [3.63, 3.8) is 0 Å². The van der Waals surface area contributed by atoms with Gasteiger partial charge in [-0.25, -0.2) is 9.37 Å². The van der Waals surface area contributed by atoms with E-state index >= 15 is 0 Å². The molecule has 7 nitrogen and oxygen atoms in total. The lowest BCUT2D eigenvalue weighted by Crippen LogP contribution is -2.34. The third-order valence-corrected chi connectivity index (χ3v) is 5.03. The van der Waals surface area contributed by atoms with Gasteiger partial charge in [-0.1, -0.05) is 22.8 Å². The maximum Gasteiger partial charge on any atom is 0.267 e. The third kappa shape index (κ3) is 3.57. The summed E-state index contributed by atoms with van der Waals surface area (Å²) in [6, 6.07) is 10.7. The summed E-state index contributed by atoms with van der Waals surface area (Å²) in [5.41, 5.74) is 1.82. The number of anilines is 1. The number of hydrogen-bond donors (Lipinski definition) is 0. The summed E-state index contributed by atoms with van der Waals surface area (Å²) in [6.07, 6.45) is 1.24. The summed E-state index contributed by atoms with van der Waals surface area (Å²) in [5, 5.41) is 4.52. The van der Waals surface area contributed by atoms with Crippen LogP contribution in [0.15, 0.2) is 58.1 Å². The lowest BCUT2D eigenvalue weighted by molar-refractivity contribution is -0.118. The van der Waals surface area contributed by atoms with E-state index in [9.17, 15) is 14.0 Å². The highest BCUT2D eigenvalue weighted by molar-refractivity contribution is 6.31. The van der Waals surface area contributed by atoms with Gasteiger partial charge in [-0.2, -0.15) is 0 Å². The Labute approximate surface area is 175 Å². The van der Waals surface area contributed by atoms with Crippen LogP contribution < -0.4 is 10.5 Å². The van der Waals surface area contributed by atoms with Crippen LogP contribution in [0.5, 0.6) is 0 Å². The van der Waals surface area contributed by atoms with Gasteiger partial charge < -0.3 is 9.42 Å².